The molecule has 0 aliphatic heterocycles. The molecule has 0 atom stereocenters. The van der Waals surface area contributed by atoms with E-state index >= 15 is 0 Å². The van der Waals surface area contributed by atoms with Crippen LogP contribution in [-0.2, 0) is 4.79 Å². The van der Waals surface area contributed by atoms with E-state index in [9.17, 15) is 22.4 Å². The fourth-order valence-electron chi connectivity index (χ4n) is 0.894. The predicted molar refractivity (Wildman–Crippen MR) is 58.1 cm³/mol. The molecule has 0 spiro atoms. The molecule has 0 aromatic heterocycles. The lowest BCUT2D eigenvalue weighted by molar-refractivity contribution is -0.165. The van der Waals surface area contributed by atoms with E-state index in [0.29, 0.717) is 5.69 Å². The van der Waals surface area contributed by atoms with Gasteiger partial charge in [-0.3, -0.25) is 4.79 Å². The Hall–Kier alpha value is -1.37. The molecule has 7 heteroatoms. The van der Waals surface area contributed by atoms with Gasteiger partial charge < -0.3 is 5.32 Å². The summed E-state index contributed by atoms with van der Waals surface area (Å²) in [4.78, 5) is 10.7. The van der Waals surface area contributed by atoms with Gasteiger partial charge in [0.25, 0.3) is 5.78 Å². The van der Waals surface area contributed by atoms with Crippen molar-refractivity contribution >= 4 is 27.4 Å². The molecule has 0 radical (unpaired) electrons. The molecule has 0 saturated carbocycles. The van der Waals surface area contributed by atoms with Gasteiger partial charge in [0, 0.05) is 11.9 Å². The molecule has 0 fully saturated rings. The van der Waals surface area contributed by atoms with Gasteiger partial charge in [0.1, 0.15) is 5.82 Å². The van der Waals surface area contributed by atoms with E-state index in [4.69, 9.17) is 0 Å². The summed E-state index contributed by atoms with van der Waals surface area (Å²) in [5.41, 5.74) is 0.360. The predicted octanol–water partition coefficient (Wildman–Crippen LogP) is 3.61. The van der Waals surface area contributed by atoms with Crippen molar-refractivity contribution < 1.29 is 22.4 Å². The third-order valence-corrected chi connectivity index (χ3v) is 2.27. The molecule has 1 aromatic rings. The number of benzene rings is 1. The van der Waals surface area contributed by atoms with Gasteiger partial charge in [-0.2, -0.15) is 13.2 Å². The van der Waals surface area contributed by atoms with E-state index in [1.54, 1.807) is 0 Å². The summed E-state index contributed by atoms with van der Waals surface area (Å²) in [6, 6.07) is 4.92. The zero-order valence-corrected chi connectivity index (χ0v) is 9.77. The lowest BCUT2D eigenvalue weighted by atomic mass is 10.3. The number of Topliss-reactive ketones (excluding diaryl/α,β-unsaturated/α-hetero) is 1. The van der Waals surface area contributed by atoms with Crippen molar-refractivity contribution in [2.24, 2.45) is 0 Å². The van der Waals surface area contributed by atoms with Crippen LogP contribution in [0.25, 0.3) is 0 Å². The fourth-order valence-corrected chi connectivity index (χ4v) is 1.23. The summed E-state index contributed by atoms with van der Waals surface area (Å²) in [6.07, 6.45) is -4.08. The van der Waals surface area contributed by atoms with Gasteiger partial charge in [-0.1, -0.05) is 0 Å². The topological polar surface area (TPSA) is 29.1 Å². The summed E-state index contributed by atoms with van der Waals surface area (Å²) in [5.74, 6) is -2.46. The molecule has 1 aromatic carbocycles. The van der Waals surface area contributed by atoms with Crippen LogP contribution in [0.2, 0.25) is 0 Å². The van der Waals surface area contributed by atoms with Crippen LogP contribution in [0.15, 0.2) is 34.9 Å². The summed E-state index contributed by atoms with van der Waals surface area (Å²) in [6.45, 7) is 0. The van der Waals surface area contributed by atoms with Crippen LogP contribution in [0.4, 0.5) is 23.2 Å². The maximum absolute atomic E-state index is 12.5. The number of rotatable bonds is 3. The second kappa shape index (κ2) is 5.31. The summed E-state index contributed by atoms with van der Waals surface area (Å²) in [5, 5.41) is 2.43. The van der Waals surface area contributed by atoms with Crippen molar-refractivity contribution in [2.45, 2.75) is 6.18 Å². The first-order valence-corrected chi connectivity index (χ1v) is 5.09. The zero-order valence-electron chi connectivity index (χ0n) is 8.18. The molecule has 0 saturated heterocycles. The van der Waals surface area contributed by atoms with Gasteiger partial charge in [0.15, 0.2) is 0 Å². The van der Waals surface area contributed by atoms with Crippen molar-refractivity contribution in [3.63, 3.8) is 0 Å². The first-order valence-electron chi connectivity index (χ1n) is 4.30. The van der Waals surface area contributed by atoms with Gasteiger partial charge in [0.05, 0.1) is 4.48 Å². The van der Waals surface area contributed by atoms with Gasteiger partial charge in [-0.15, -0.1) is 0 Å². The SMILES string of the molecule is O=C(C(Br)=CNc1ccc(F)cc1)C(F)(F)F. The van der Waals surface area contributed by atoms with Crippen molar-refractivity contribution in [3.05, 3.63) is 40.8 Å². The number of allylic oxidation sites excluding steroid dienone is 1. The molecule has 0 heterocycles. The van der Waals surface area contributed by atoms with Gasteiger partial charge in [0.2, 0.25) is 0 Å². The minimum atomic E-state index is -4.93. The minimum Gasteiger partial charge on any atom is -0.360 e. The molecule has 17 heavy (non-hydrogen) atoms. The highest BCUT2D eigenvalue weighted by Crippen LogP contribution is 2.23. The van der Waals surface area contributed by atoms with Crippen molar-refractivity contribution in [2.75, 3.05) is 5.32 Å². The number of halogens is 5. The highest BCUT2D eigenvalue weighted by atomic mass is 79.9. The van der Waals surface area contributed by atoms with Crippen molar-refractivity contribution in [3.8, 4) is 0 Å². The standard InChI is InChI=1S/C10H6BrF4NO/c11-8(9(17)10(13,14)15)5-16-7-3-1-6(12)2-4-7/h1-5,16H. The second-order valence-electron chi connectivity index (χ2n) is 2.97. The first-order chi connectivity index (χ1) is 7.80. The van der Waals surface area contributed by atoms with Crippen LogP contribution >= 0.6 is 15.9 Å². The second-order valence-corrected chi connectivity index (χ2v) is 3.82. The van der Waals surface area contributed by atoms with Gasteiger partial charge in [-0.25, -0.2) is 4.39 Å². The monoisotopic (exact) mass is 311 g/mol. The Morgan fingerprint density at radius 1 is 1.24 bits per heavy atom. The number of hydrogen-bond acceptors (Lipinski definition) is 2. The van der Waals surface area contributed by atoms with E-state index in [2.05, 4.69) is 21.2 Å². The molecule has 0 bridgehead atoms. The van der Waals surface area contributed by atoms with E-state index < -0.39 is 22.3 Å². The Bertz CT molecular complexity index is 439. The molecule has 0 aliphatic rings. The number of nitrogens with one attached hydrogen (secondary N) is 1. The van der Waals surface area contributed by atoms with Crippen LogP contribution in [0.3, 0.4) is 0 Å². The van der Waals surface area contributed by atoms with Crippen molar-refractivity contribution in [1.29, 1.82) is 0 Å². The van der Waals surface area contributed by atoms with Crippen LogP contribution < -0.4 is 5.32 Å². The van der Waals surface area contributed by atoms with E-state index in [-0.39, 0.29) is 0 Å². The Morgan fingerprint density at radius 3 is 2.24 bits per heavy atom. The number of anilines is 1. The normalized spacial score (nSPS) is 12.4. The van der Waals surface area contributed by atoms with Gasteiger partial charge in [-0.05, 0) is 40.2 Å². The Balaban J connectivity index is 2.71. The molecule has 0 amide bonds. The molecule has 0 unspecified atom stereocenters. The molecule has 92 valence electrons. The Morgan fingerprint density at radius 2 is 1.76 bits per heavy atom. The summed E-state index contributed by atoms with van der Waals surface area (Å²) < 4.78 is 47.8. The van der Waals surface area contributed by atoms with E-state index in [1.807, 2.05) is 0 Å². The van der Waals surface area contributed by atoms with Crippen LogP contribution in [-0.4, -0.2) is 12.0 Å². The highest BCUT2D eigenvalue weighted by molar-refractivity contribution is 9.12. The summed E-state index contributed by atoms with van der Waals surface area (Å²) >= 11 is 2.51. The fraction of sp³-hybridized carbons (Fsp3) is 0.100. The number of carbonyl (C=O) groups is 1. The molecule has 2 nitrogen and oxygen atoms in total. The number of hydrogen-bond donors (Lipinski definition) is 1. The molecule has 0 aliphatic carbocycles. The maximum atomic E-state index is 12.5. The highest BCUT2D eigenvalue weighted by Gasteiger charge is 2.39. The Kier molecular flexibility index (Phi) is 4.28. The van der Waals surface area contributed by atoms with E-state index in [1.165, 1.54) is 12.1 Å². The molecule has 1 rings (SSSR count). The third-order valence-electron chi connectivity index (χ3n) is 1.68. The average molecular weight is 312 g/mol. The smallest absolute Gasteiger partial charge is 0.360 e. The largest absolute Gasteiger partial charge is 0.455 e. The van der Waals surface area contributed by atoms with E-state index in [0.717, 1.165) is 18.3 Å². The zero-order chi connectivity index (χ0) is 13.1. The minimum absolute atomic E-state index is 0.360. The van der Waals surface area contributed by atoms with Crippen LogP contribution in [0, 0.1) is 5.82 Å². The maximum Gasteiger partial charge on any atom is 0.455 e. The van der Waals surface area contributed by atoms with Crippen LogP contribution in [0.1, 0.15) is 0 Å². The molecular formula is C10H6BrF4NO. The molecule has 1 N–H and O–H groups in total. The van der Waals surface area contributed by atoms with Gasteiger partial charge >= 0.3 is 6.18 Å². The van der Waals surface area contributed by atoms with Crippen molar-refractivity contribution in [1.82, 2.24) is 0 Å². The molecular weight excluding hydrogens is 306 g/mol. The lowest BCUT2D eigenvalue weighted by Gasteiger charge is -2.05. The third kappa shape index (κ3) is 4.18. The summed E-state index contributed by atoms with van der Waals surface area (Å²) in [7, 11) is 0. The number of alkyl halides is 3. The quantitative estimate of drug-likeness (QED) is 0.682. The first kappa shape index (κ1) is 13.7. The number of ketones is 1. The average Bonchev–Trinajstić information content (AvgIpc) is 2.25. The lowest BCUT2D eigenvalue weighted by Crippen LogP contribution is -2.22. The Labute approximate surface area is 102 Å². The number of carbonyl (C=O) groups excluding carboxylic acids is 1. The van der Waals surface area contributed by atoms with Crippen LogP contribution in [0.5, 0.6) is 0 Å².